The minimum Gasteiger partial charge on any atom is -0.481 e. The van der Waals surface area contributed by atoms with Crippen molar-refractivity contribution in [2.45, 2.75) is 50.2 Å². The topological polar surface area (TPSA) is 80.7 Å². The number of carbonyl (C=O) groups is 3. The van der Waals surface area contributed by atoms with Crippen molar-refractivity contribution >= 4 is 29.5 Å². The molecule has 2 rings (SSSR count). The van der Waals surface area contributed by atoms with E-state index in [2.05, 4.69) is 4.74 Å². The smallest absolute Gasteiger partial charge is 0.313 e. The molecule has 4 unspecified atom stereocenters. The van der Waals surface area contributed by atoms with Gasteiger partial charge in [0.25, 0.3) is 0 Å². The zero-order valence-electron chi connectivity index (χ0n) is 13.0. The summed E-state index contributed by atoms with van der Waals surface area (Å²) in [6.07, 6.45) is 5.55. The summed E-state index contributed by atoms with van der Waals surface area (Å²) >= 11 is 1.44. The lowest BCUT2D eigenvalue weighted by atomic mass is 9.83. The summed E-state index contributed by atoms with van der Waals surface area (Å²) in [4.78, 5) is 34.4. The average molecular weight is 328 g/mol. The van der Waals surface area contributed by atoms with E-state index in [0.29, 0.717) is 37.5 Å². The second-order valence-electron chi connectivity index (χ2n) is 6.28. The number of fused-ring (bicyclic) bond motifs is 2. The third-order valence-electron chi connectivity index (χ3n) is 4.89. The molecule has 0 aromatic rings. The van der Waals surface area contributed by atoms with Gasteiger partial charge in [-0.1, -0.05) is 0 Å². The standard InChI is InChI=1S/C16H24O5S/c1-21-14(20)5-3-2-4-12(17)15-10-6-7-11(8-10)16(15)22-9-13(18)19/h10-11,15-16H,2-9H2,1H3,(H,18,19). The summed E-state index contributed by atoms with van der Waals surface area (Å²) < 4.78 is 4.59. The maximum Gasteiger partial charge on any atom is 0.313 e. The van der Waals surface area contributed by atoms with Crippen molar-refractivity contribution < 1.29 is 24.2 Å². The Labute approximate surface area is 135 Å². The first-order valence-corrected chi connectivity index (χ1v) is 9.00. The number of rotatable bonds is 9. The monoisotopic (exact) mass is 328 g/mol. The first-order chi connectivity index (χ1) is 10.5. The summed E-state index contributed by atoms with van der Waals surface area (Å²) in [7, 11) is 1.37. The number of carboxylic acids is 1. The van der Waals surface area contributed by atoms with Crippen LogP contribution >= 0.6 is 11.8 Å². The molecule has 0 radical (unpaired) electrons. The maximum absolute atomic E-state index is 12.5. The number of thioether (sulfide) groups is 1. The fourth-order valence-electron chi connectivity index (χ4n) is 3.93. The highest BCUT2D eigenvalue weighted by atomic mass is 32.2. The first kappa shape index (κ1) is 17.3. The van der Waals surface area contributed by atoms with E-state index in [1.165, 1.54) is 18.9 Å². The van der Waals surface area contributed by atoms with Crippen molar-refractivity contribution in [3.63, 3.8) is 0 Å². The van der Waals surface area contributed by atoms with Crippen LogP contribution in [0.25, 0.3) is 0 Å². The Hall–Kier alpha value is -1.04. The van der Waals surface area contributed by atoms with Gasteiger partial charge in [0.15, 0.2) is 0 Å². The molecule has 0 aliphatic heterocycles. The van der Waals surface area contributed by atoms with Crippen LogP contribution in [0.5, 0.6) is 0 Å². The highest BCUT2D eigenvalue weighted by Crippen LogP contribution is 2.53. The molecule has 0 heterocycles. The van der Waals surface area contributed by atoms with Crippen LogP contribution in [0.3, 0.4) is 0 Å². The van der Waals surface area contributed by atoms with Gasteiger partial charge >= 0.3 is 11.9 Å². The van der Waals surface area contributed by atoms with E-state index in [4.69, 9.17) is 5.11 Å². The normalized spacial score (nSPS) is 29.5. The molecule has 2 bridgehead atoms. The predicted octanol–water partition coefficient (Wildman–Crippen LogP) is 2.52. The molecule has 6 heteroatoms. The molecule has 2 aliphatic carbocycles. The number of esters is 1. The fraction of sp³-hybridized carbons (Fsp3) is 0.812. The third kappa shape index (κ3) is 4.24. The minimum atomic E-state index is -0.808. The molecule has 1 N–H and O–H groups in total. The van der Waals surface area contributed by atoms with Gasteiger partial charge in [-0.05, 0) is 43.9 Å². The van der Waals surface area contributed by atoms with E-state index >= 15 is 0 Å². The molecular weight excluding hydrogens is 304 g/mol. The lowest BCUT2D eigenvalue weighted by Gasteiger charge is -2.29. The molecule has 22 heavy (non-hydrogen) atoms. The lowest BCUT2D eigenvalue weighted by molar-refractivity contribution is -0.141. The van der Waals surface area contributed by atoms with E-state index in [-0.39, 0.29) is 28.7 Å². The summed E-state index contributed by atoms with van der Waals surface area (Å²) in [6, 6.07) is 0. The van der Waals surface area contributed by atoms with Gasteiger partial charge in [-0.25, -0.2) is 0 Å². The van der Waals surface area contributed by atoms with E-state index in [0.717, 1.165) is 19.3 Å². The number of hydrogen-bond donors (Lipinski definition) is 1. The number of Topliss-reactive ketones (excluding diaryl/α,β-unsaturated/α-hetero) is 1. The van der Waals surface area contributed by atoms with Crippen LogP contribution in [-0.2, 0) is 19.1 Å². The lowest BCUT2D eigenvalue weighted by Crippen LogP contribution is -2.32. The highest BCUT2D eigenvalue weighted by Gasteiger charge is 2.50. The molecule has 0 amide bonds. The van der Waals surface area contributed by atoms with Crippen LogP contribution in [0.2, 0.25) is 0 Å². The van der Waals surface area contributed by atoms with Gasteiger partial charge in [0.1, 0.15) is 5.78 Å². The average Bonchev–Trinajstić information content (AvgIpc) is 3.09. The molecule has 2 aliphatic rings. The number of hydrogen-bond acceptors (Lipinski definition) is 5. The second-order valence-corrected chi connectivity index (χ2v) is 7.44. The number of unbranched alkanes of at least 4 members (excludes halogenated alkanes) is 1. The molecular formula is C16H24O5S. The summed E-state index contributed by atoms with van der Waals surface area (Å²) in [5, 5.41) is 9.05. The Morgan fingerprint density at radius 1 is 1.14 bits per heavy atom. The molecule has 0 saturated heterocycles. The largest absolute Gasteiger partial charge is 0.481 e. The molecule has 2 fully saturated rings. The van der Waals surface area contributed by atoms with Crippen molar-refractivity contribution in [2.24, 2.45) is 17.8 Å². The van der Waals surface area contributed by atoms with E-state index in [1.54, 1.807) is 0 Å². The van der Waals surface area contributed by atoms with Crippen molar-refractivity contribution in [3.8, 4) is 0 Å². The number of aliphatic carboxylic acids is 1. The molecule has 2 saturated carbocycles. The van der Waals surface area contributed by atoms with Gasteiger partial charge in [0.05, 0.1) is 12.9 Å². The number of ether oxygens (including phenoxy) is 1. The van der Waals surface area contributed by atoms with Crippen LogP contribution in [0.15, 0.2) is 0 Å². The molecule has 5 nitrogen and oxygen atoms in total. The summed E-state index contributed by atoms with van der Waals surface area (Å²) in [5.74, 6) is 0.295. The molecule has 0 aromatic carbocycles. The Morgan fingerprint density at radius 3 is 2.50 bits per heavy atom. The van der Waals surface area contributed by atoms with E-state index < -0.39 is 5.97 Å². The third-order valence-corrected chi connectivity index (χ3v) is 6.37. The fourth-order valence-corrected chi connectivity index (χ4v) is 5.37. The van der Waals surface area contributed by atoms with Crippen LogP contribution < -0.4 is 0 Å². The van der Waals surface area contributed by atoms with Crippen molar-refractivity contribution in [1.82, 2.24) is 0 Å². The van der Waals surface area contributed by atoms with E-state index in [1.807, 2.05) is 0 Å². The number of methoxy groups -OCH3 is 1. The quantitative estimate of drug-likeness (QED) is 0.517. The molecule has 0 spiro atoms. The minimum absolute atomic E-state index is 0.0289. The Morgan fingerprint density at radius 2 is 1.82 bits per heavy atom. The number of carbonyl (C=O) groups excluding carboxylic acids is 2. The predicted molar refractivity (Wildman–Crippen MR) is 83.7 cm³/mol. The van der Waals surface area contributed by atoms with Crippen molar-refractivity contribution in [2.75, 3.05) is 12.9 Å². The van der Waals surface area contributed by atoms with Crippen LogP contribution in [0.1, 0.15) is 44.9 Å². The number of ketones is 1. The Balaban J connectivity index is 1.81. The van der Waals surface area contributed by atoms with Crippen LogP contribution in [0.4, 0.5) is 0 Å². The summed E-state index contributed by atoms with van der Waals surface area (Å²) in [5.41, 5.74) is 0. The highest BCUT2D eigenvalue weighted by molar-refractivity contribution is 8.00. The number of carboxylic acid groups (broad SMARTS) is 1. The Bertz CT molecular complexity index is 436. The van der Waals surface area contributed by atoms with E-state index in [9.17, 15) is 14.4 Å². The van der Waals surface area contributed by atoms with Gasteiger partial charge in [-0.2, -0.15) is 0 Å². The maximum atomic E-state index is 12.5. The second kappa shape index (κ2) is 7.99. The zero-order valence-corrected chi connectivity index (χ0v) is 13.8. The van der Waals surface area contributed by atoms with Crippen molar-refractivity contribution in [3.05, 3.63) is 0 Å². The van der Waals surface area contributed by atoms with Gasteiger partial charge < -0.3 is 9.84 Å². The summed E-state index contributed by atoms with van der Waals surface area (Å²) in [6.45, 7) is 0. The van der Waals surface area contributed by atoms with Gasteiger partial charge in [-0.3, -0.25) is 14.4 Å². The Kier molecular flexibility index (Phi) is 6.29. The molecule has 0 aromatic heterocycles. The van der Waals surface area contributed by atoms with Crippen LogP contribution in [-0.4, -0.2) is 40.9 Å². The first-order valence-electron chi connectivity index (χ1n) is 7.96. The SMILES string of the molecule is COC(=O)CCCCC(=O)C1C2CCC(C2)C1SCC(=O)O. The van der Waals surface area contributed by atoms with Gasteiger partial charge in [-0.15, -0.1) is 11.8 Å². The van der Waals surface area contributed by atoms with Gasteiger partial charge in [0, 0.05) is 24.0 Å². The molecule has 4 atom stereocenters. The zero-order chi connectivity index (χ0) is 16.1. The van der Waals surface area contributed by atoms with Crippen molar-refractivity contribution in [1.29, 1.82) is 0 Å². The van der Waals surface area contributed by atoms with Crippen LogP contribution in [0, 0.1) is 17.8 Å². The molecule has 124 valence electrons. The van der Waals surface area contributed by atoms with Gasteiger partial charge in [0.2, 0.25) is 0 Å².